The van der Waals surface area contributed by atoms with Crippen LogP contribution in [0, 0.1) is 0 Å². The molecule has 0 spiro atoms. The highest BCUT2D eigenvalue weighted by molar-refractivity contribution is 6.31. The van der Waals surface area contributed by atoms with Crippen LogP contribution in [0.25, 0.3) is 0 Å². The van der Waals surface area contributed by atoms with Crippen molar-refractivity contribution in [2.45, 2.75) is 24.7 Å². The molecule has 2 aromatic carbocycles. The molecule has 0 fully saturated rings. The summed E-state index contributed by atoms with van der Waals surface area (Å²) in [6.07, 6.45) is -3.83. The van der Waals surface area contributed by atoms with Gasteiger partial charge in [0, 0.05) is 11.4 Å². The van der Waals surface area contributed by atoms with Crippen LogP contribution in [0.5, 0.6) is 17.2 Å². The summed E-state index contributed by atoms with van der Waals surface area (Å²) in [4.78, 5) is 13.1. The van der Waals surface area contributed by atoms with Crippen LogP contribution in [-0.2, 0) is 0 Å². The number of fused-ring (bicyclic) bond motifs is 1. The maximum Gasteiger partial charge on any atom is 0.410 e. The largest absolute Gasteiger partial charge is 0.495 e. The quantitative estimate of drug-likeness (QED) is 0.457. The Labute approximate surface area is 203 Å². The first-order valence-electron chi connectivity index (χ1n) is 10.4. The number of anilines is 2. The van der Waals surface area contributed by atoms with Crippen LogP contribution in [-0.4, -0.2) is 43.2 Å². The highest BCUT2D eigenvalue weighted by atomic mass is 35.5. The number of alkyl halides is 3. The Morgan fingerprint density at radius 3 is 2.43 bits per heavy atom. The summed E-state index contributed by atoms with van der Waals surface area (Å²) in [5.74, 6) is 0.429. The van der Waals surface area contributed by atoms with Crippen LogP contribution in [0.1, 0.15) is 34.4 Å². The van der Waals surface area contributed by atoms with Crippen LogP contribution in [0.2, 0.25) is 5.02 Å². The van der Waals surface area contributed by atoms with Crippen molar-refractivity contribution in [2.24, 2.45) is 0 Å². The molecule has 2 unspecified atom stereocenters. The Balaban J connectivity index is 1.71. The molecule has 2 N–H and O–H groups in total. The minimum Gasteiger partial charge on any atom is -0.495 e. The van der Waals surface area contributed by atoms with Crippen LogP contribution in [0.3, 0.4) is 0 Å². The Morgan fingerprint density at radius 2 is 1.77 bits per heavy atom. The topological polar surface area (TPSA) is 86.6 Å². The smallest absolute Gasteiger partial charge is 0.410 e. The van der Waals surface area contributed by atoms with Crippen molar-refractivity contribution >= 4 is 29.0 Å². The molecule has 0 bridgehead atoms. The van der Waals surface area contributed by atoms with E-state index in [1.165, 1.54) is 27.4 Å². The lowest BCUT2D eigenvalue weighted by atomic mass is 9.96. The van der Waals surface area contributed by atoms with Gasteiger partial charge in [-0.05, 0) is 35.9 Å². The minimum absolute atomic E-state index is 0.0585. The van der Waals surface area contributed by atoms with E-state index in [-0.39, 0.29) is 23.5 Å². The van der Waals surface area contributed by atoms with Crippen molar-refractivity contribution in [1.82, 2.24) is 9.78 Å². The molecule has 0 saturated carbocycles. The summed E-state index contributed by atoms with van der Waals surface area (Å²) in [6, 6.07) is 6.77. The number of carbonyl (C=O) groups excluding carboxylic acids is 1. The zero-order valence-corrected chi connectivity index (χ0v) is 19.7. The first kappa shape index (κ1) is 24.5. The van der Waals surface area contributed by atoms with Crippen molar-refractivity contribution in [2.75, 3.05) is 32.0 Å². The van der Waals surface area contributed by atoms with E-state index in [4.69, 9.17) is 25.8 Å². The fraction of sp³-hybridized carbons (Fsp3) is 0.304. The predicted octanol–water partition coefficient (Wildman–Crippen LogP) is 5.47. The normalized spacial score (nSPS) is 17.2. The van der Waals surface area contributed by atoms with E-state index >= 15 is 0 Å². The fourth-order valence-corrected chi connectivity index (χ4v) is 4.16. The van der Waals surface area contributed by atoms with Gasteiger partial charge in [0.25, 0.3) is 5.91 Å². The molecular weight excluding hydrogens is 489 g/mol. The zero-order valence-electron chi connectivity index (χ0n) is 18.9. The molecule has 1 aliphatic heterocycles. The number of amides is 1. The van der Waals surface area contributed by atoms with Gasteiger partial charge in [0.05, 0.1) is 39.3 Å². The first-order chi connectivity index (χ1) is 16.7. The molecule has 4 rings (SSSR count). The molecule has 0 radical (unpaired) electrons. The van der Waals surface area contributed by atoms with Gasteiger partial charge in [0.15, 0.2) is 17.5 Å². The molecule has 2 atom stereocenters. The summed E-state index contributed by atoms with van der Waals surface area (Å²) in [6.45, 7) is 0. The minimum atomic E-state index is -4.60. The van der Waals surface area contributed by atoms with Gasteiger partial charge in [0.2, 0.25) is 0 Å². The monoisotopic (exact) mass is 510 g/mol. The second-order valence-electron chi connectivity index (χ2n) is 7.75. The van der Waals surface area contributed by atoms with E-state index in [2.05, 4.69) is 15.7 Å². The molecule has 1 aliphatic rings. The van der Waals surface area contributed by atoms with Crippen LogP contribution in [0.4, 0.5) is 24.7 Å². The number of halogens is 4. The fourth-order valence-electron chi connectivity index (χ4n) is 3.98. The summed E-state index contributed by atoms with van der Waals surface area (Å²) in [5, 5.41) is 9.92. The number of rotatable bonds is 6. The van der Waals surface area contributed by atoms with Gasteiger partial charge in [-0.2, -0.15) is 18.3 Å². The van der Waals surface area contributed by atoms with E-state index in [9.17, 15) is 18.0 Å². The molecular formula is C23H22ClF3N4O4. The lowest BCUT2D eigenvalue weighted by Crippen LogP contribution is -2.36. The third kappa shape index (κ3) is 4.81. The zero-order chi connectivity index (χ0) is 25.3. The number of methoxy groups -OCH3 is 3. The number of carbonyl (C=O) groups is 1. The number of hydrogen-bond acceptors (Lipinski definition) is 6. The van der Waals surface area contributed by atoms with E-state index < -0.39 is 24.2 Å². The van der Waals surface area contributed by atoms with E-state index in [1.807, 2.05) is 0 Å². The summed E-state index contributed by atoms with van der Waals surface area (Å²) >= 11 is 6.02. The number of nitrogens with zero attached hydrogens (tertiary/aromatic N) is 2. The van der Waals surface area contributed by atoms with Crippen molar-refractivity contribution in [1.29, 1.82) is 0 Å². The molecule has 0 aliphatic carbocycles. The van der Waals surface area contributed by atoms with E-state index in [0.717, 1.165) is 10.9 Å². The van der Waals surface area contributed by atoms with Gasteiger partial charge >= 0.3 is 6.18 Å². The average Bonchev–Trinajstić information content (AvgIpc) is 3.26. The summed E-state index contributed by atoms with van der Waals surface area (Å²) in [5.41, 5.74) is 0.739. The van der Waals surface area contributed by atoms with Crippen molar-refractivity contribution in [3.05, 3.63) is 58.7 Å². The number of aromatic nitrogens is 2. The van der Waals surface area contributed by atoms with Gasteiger partial charge in [0.1, 0.15) is 17.1 Å². The second-order valence-corrected chi connectivity index (χ2v) is 8.19. The molecule has 35 heavy (non-hydrogen) atoms. The van der Waals surface area contributed by atoms with Gasteiger partial charge in [-0.3, -0.25) is 4.79 Å². The Bertz CT molecular complexity index is 1250. The Morgan fingerprint density at radius 1 is 1.09 bits per heavy atom. The molecule has 8 nitrogen and oxygen atoms in total. The number of ether oxygens (including phenoxy) is 3. The highest BCUT2D eigenvalue weighted by Gasteiger charge is 2.47. The molecule has 2 heterocycles. The van der Waals surface area contributed by atoms with Crippen LogP contribution in [0.15, 0.2) is 42.6 Å². The lowest BCUT2D eigenvalue weighted by molar-refractivity contribution is -0.173. The number of nitrogens with one attached hydrogen (secondary N) is 2. The lowest BCUT2D eigenvalue weighted by Gasteiger charge is -2.34. The van der Waals surface area contributed by atoms with Crippen molar-refractivity contribution in [3.8, 4) is 17.2 Å². The summed E-state index contributed by atoms with van der Waals surface area (Å²) < 4.78 is 58.6. The standard InChI is InChI=1S/C23H22ClF3N4O4/c1-33-17-7-5-13(24)9-16(17)30-22(32)14-11-28-31-20(23(25,26)27)10-15(29-21(14)31)12-4-6-18(34-2)19(8-12)35-3/h4-9,11,15,20,29H,10H2,1-3H3,(H,30,32). The first-order valence-corrected chi connectivity index (χ1v) is 10.8. The van der Waals surface area contributed by atoms with Gasteiger partial charge in [-0.15, -0.1) is 0 Å². The predicted molar refractivity (Wildman–Crippen MR) is 124 cm³/mol. The maximum absolute atomic E-state index is 14.0. The molecule has 1 amide bonds. The highest BCUT2D eigenvalue weighted by Crippen LogP contribution is 2.45. The van der Waals surface area contributed by atoms with Crippen molar-refractivity contribution in [3.63, 3.8) is 0 Å². The SMILES string of the molecule is COc1ccc(Cl)cc1NC(=O)c1cnn2c1NC(c1ccc(OC)c(OC)c1)CC2C(F)(F)F. The second kappa shape index (κ2) is 9.57. The van der Waals surface area contributed by atoms with Gasteiger partial charge in [-0.25, -0.2) is 4.68 Å². The van der Waals surface area contributed by atoms with Crippen LogP contribution < -0.4 is 24.8 Å². The molecule has 12 heteroatoms. The van der Waals surface area contributed by atoms with Gasteiger partial charge < -0.3 is 24.8 Å². The third-order valence-electron chi connectivity index (χ3n) is 5.70. The summed E-state index contributed by atoms with van der Waals surface area (Å²) in [7, 11) is 4.33. The van der Waals surface area contributed by atoms with Crippen molar-refractivity contribution < 1.29 is 32.2 Å². The Kier molecular flexibility index (Phi) is 6.70. The van der Waals surface area contributed by atoms with Gasteiger partial charge in [-0.1, -0.05) is 17.7 Å². The molecule has 1 aromatic heterocycles. The molecule has 3 aromatic rings. The molecule has 186 valence electrons. The average molecular weight is 511 g/mol. The number of hydrogen-bond donors (Lipinski definition) is 2. The van der Waals surface area contributed by atoms with Crippen LogP contribution >= 0.6 is 11.6 Å². The maximum atomic E-state index is 14.0. The van der Waals surface area contributed by atoms with E-state index in [0.29, 0.717) is 27.8 Å². The Hall–Kier alpha value is -3.60. The number of benzene rings is 2. The molecule has 0 saturated heterocycles. The van der Waals surface area contributed by atoms with E-state index in [1.54, 1.807) is 30.3 Å². The third-order valence-corrected chi connectivity index (χ3v) is 5.94.